The Labute approximate surface area is 175 Å². The SMILES string of the molecule is NC(=O)c1nc(-c2ccccc2)ccc1-c1ccn([C@H]2O[C@H](CO)[C@@H](O)[C@H]2F)c(=O)n1. The van der Waals surface area contributed by atoms with Gasteiger partial charge < -0.3 is 20.7 Å². The summed E-state index contributed by atoms with van der Waals surface area (Å²) in [6.07, 6.45) is -4.84. The van der Waals surface area contributed by atoms with Crippen molar-refractivity contribution < 1.29 is 24.1 Å². The number of aliphatic hydroxyl groups excluding tert-OH is 2. The van der Waals surface area contributed by atoms with E-state index in [2.05, 4.69) is 9.97 Å². The predicted molar refractivity (Wildman–Crippen MR) is 108 cm³/mol. The Balaban J connectivity index is 1.71. The summed E-state index contributed by atoms with van der Waals surface area (Å²) in [7, 11) is 0. The maximum Gasteiger partial charge on any atom is 0.350 e. The van der Waals surface area contributed by atoms with Crippen molar-refractivity contribution in [3.63, 3.8) is 0 Å². The number of carbonyl (C=O) groups is 1. The van der Waals surface area contributed by atoms with Gasteiger partial charge in [-0.1, -0.05) is 30.3 Å². The lowest BCUT2D eigenvalue weighted by molar-refractivity contribution is -0.0491. The summed E-state index contributed by atoms with van der Waals surface area (Å²) in [5.74, 6) is -0.796. The number of carbonyl (C=O) groups excluding carboxylic acids is 1. The van der Waals surface area contributed by atoms with Gasteiger partial charge in [0.15, 0.2) is 12.4 Å². The maximum absolute atomic E-state index is 14.3. The van der Waals surface area contributed by atoms with Gasteiger partial charge >= 0.3 is 5.69 Å². The van der Waals surface area contributed by atoms with E-state index < -0.39 is 42.8 Å². The number of aromatic nitrogens is 3. The van der Waals surface area contributed by atoms with Crippen molar-refractivity contribution in [3.8, 4) is 22.5 Å². The third kappa shape index (κ3) is 3.83. The number of alkyl halides is 1. The van der Waals surface area contributed by atoms with E-state index >= 15 is 0 Å². The molecule has 0 unspecified atom stereocenters. The molecule has 1 saturated heterocycles. The van der Waals surface area contributed by atoms with Crippen molar-refractivity contribution in [2.45, 2.75) is 24.6 Å². The van der Waals surface area contributed by atoms with E-state index in [4.69, 9.17) is 15.6 Å². The van der Waals surface area contributed by atoms with Crippen molar-refractivity contribution >= 4 is 5.91 Å². The highest BCUT2D eigenvalue weighted by molar-refractivity contribution is 5.98. The Kier molecular flexibility index (Phi) is 5.59. The number of benzene rings is 1. The molecule has 1 aliphatic rings. The number of hydrogen-bond donors (Lipinski definition) is 3. The Morgan fingerprint density at radius 1 is 1.13 bits per heavy atom. The topological polar surface area (TPSA) is 141 Å². The minimum Gasteiger partial charge on any atom is -0.394 e. The fraction of sp³-hybridized carbons (Fsp3) is 0.238. The third-order valence-corrected chi connectivity index (χ3v) is 5.05. The molecule has 3 aromatic rings. The summed E-state index contributed by atoms with van der Waals surface area (Å²) in [5, 5.41) is 18.9. The van der Waals surface area contributed by atoms with Crippen LogP contribution in [0.3, 0.4) is 0 Å². The highest BCUT2D eigenvalue weighted by Gasteiger charge is 2.45. The summed E-state index contributed by atoms with van der Waals surface area (Å²) in [4.78, 5) is 32.8. The quantitative estimate of drug-likeness (QED) is 0.544. The number of amides is 1. The van der Waals surface area contributed by atoms with E-state index in [-0.39, 0.29) is 17.0 Å². The fourth-order valence-corrected chi connectivity index (χ4v) is 3.46. The molecular weight excluding hydrogens is 407 g/mol. The van der Waals surface area contributed by atoms with Gasteiger partial charge in [-0.15, -0.1) is 0 Å². The van der Waals surface area contributed by atoms with Crippen LogP contribution in [0.1, 0.15) is 16.7 Å². The monoisotopic (exact) mass is 426 g/mol. The number of aliphatic hydroxyl groups is 2. The van der Waals surface area contributed by atoms with Crippen LogP contribution in [0.4, 0.5) is 4.39 Å². The van der Waals surface area contributed by atoms with E-state index in [1.807, 2.05) is 30.3 Å². The molecule has 160 valence electrons. The molecule has 9 nitrogen and oxygen atoms in total. The molecule has 31 heavy (non-hydrogen) atoms. The minimum atomic E-state index is -1.92. The third-order valence-electron chi connectivity index (χ3n) is 5.05. The molecular formula is C21H19FN4O5. The second-order valence-corrected chi connectivity index (χ2v) is 7.01. The summed E-state index contributed by atoms with van der Waals surface area (Å²) < 4.78 is 20.5. The molecule has 1 aliphatic heterocycles. The second-order valence-electron chi connectivity index (χ2n) is 7.01. The number of ether oxygens (including phenoxy) is 1. The summed E-state index contributed by atoms with van der Waals surface area (Å²) >= 11 is 0. The van der Waals surface area contributed by atoms with Gasteiger partial charge in [0.05, 0.1) is 18.0 Å². The molecule has 4 atom stereocenters. The summed E-state index contributed by atoms with van der Waals surface area (Å²) in [5.41, 5.74) is 6.24. The van der Waals surface area contributed by atoms with E-state index in [1.165, 1.54) is 12.3 Å². The molecule has 0 saturated carbocycles. The van der Waals surface area contributed by atoms with Crippen LogP contribution >= 0.6 is 0 Å². The number of hydrogen-bond acceptors (Lipinski definition) is 7. The summed E-state index contributed by atoms with van der Waals surface area (Å²) in [6, 6.07) is 13.8. The van der Waals surface area contributed by atoms with Crippen LogP contribution in [0.15, 0.2) is 59.5 Å². The first-order valence-corrected chi connectivity index (χ1v) is 9.45. The Bertz CT molecular complexity index is 1170. The predicted octanol–water partition coefficient (Wildman–Crippen LogP) is 0.660. The van der Waals surface area contributed by atoms with E-state index in [1.54, 1.807) is 12.1 Å². The van der Waals surface area contributed by atoms with Crippen LogP contribution < -0.4 is 11.4 Å². The van der Waals surface area contributed by atoms with Gasteiger partial charge in [0.2, 0.25) is 0 Å². The minimum absolute atomic E-state index is 0.0674. The fourth-order valence-electron chi connectivity index (χ4n) is 3.46. The van der Waals surface area contributed by atoms with Gasteiger partial charge in [0.1, 0.15) is 17.9 Å². The molecule has 2 aromatic heterocycles. The molecule has 0 bridgehead atoms. The lowest BCUT2D eigenvalue weighted by Gasteiger charge is -2.16. The zero-order valence-electron chi connectivity index (χ0n) is 16.1. The number of pyridine rings is 1. The Morgan fingerprint density at radius 3 is 2.48 bits per heavy atom. The molecule has 4 rings (SSSR count). The van der Waals surface area contributed by atoms with Crippen molar-refractivity contribution in [2.24, 2.45) is 5.73 Å². The van der Waals surface area contributed by atoms with Crippen LogP contribution in [0.5, 0.6) is 0 Å². The number of rotatable bonds is 5. The Hall–Kier alpha value is -3.47. The van der Waals surface area contributed by atoms with Gasteiger partial charge in [-0.05, 0) is 18.2 Å². The van der Waals surface area contributed by atoms with Gasteiger partial charge in [-0.3, -0.25) is 9.36 Å². The molecule has 1 fully saturated rings. The highest BCUT2D eigenvalue weighted by Crippen LogP contribution is 2.31. The number of primary amides is 1. The number of halogens is 1. The van der Waals surface area contributed by atoms with Gasteiger partial charge in [0.25, 0.3) is 5.91 Å². The van der Waals surface area contributed by atoms with E-state index in [0.29, 0.717) is 5.69 Å². The lowest BCUT2D eigenvalue weighted by Crippen LogP contribution is -2.33. The zero-order chi connectivity index (χ0) is 22.1. The first kappa shape index (κ1) is 20.8. The van der Waals surface area contributed by atoms with Crippen LogP contribution in [-0.4, -0.2) is 55.6 Å². The van der Waals surface area contributed by atoms with Crippen molar-refractivity contribution in [1.29, 1.82) is 0 Å². The first-order valence-electron chi connectivity index (χ1n) is 9.45. The van der Waals surface area contributed by atoms with Crippen LogP contribution in [0.2, 0.25) is 0 Å². The molecule has 0 spiro atoms. The normalized spacial score (nSPS) is 23.1. The van der Waals surface area contributed by atoms with Crippen molar-refractivity contribution in [2.75, 3.05) is 6.61 Å². The second kappa shape index (κ2) is 8.34. The largest absolute Gasteiger partial charge is 0.394 e. The molecule has 10 heteroatoms. The molecule has 4 N–H and O–H groups in total. The molecule has 0 aliphatic carbocycles. The molecule has 1 amide bonds. The average molecular weight is 426 g/mol. The number of nitrogens with two attached hydrogens (primary N) is 1. The smallest absolute Gasteiger partial charge is 0.350 e. The highest BCUT2D eigenvalue weighted by atomic mass is 19.1. The summed E-state index contributed by atoms with van der Waals surface area (Å²) in [6.45, 7) is -0.597. The van der Waals surface area contributed by atoms with E-state index in [9.17, 15) is 19.1 Å². The zero-order valence-corrected chi connectivity index (χ0v) is 16.1. The lowest BCUT2D eigenvalue weighted by atomic mass is 10.1. The first-order chi connectivity index (χ1) is 14.9. The van der Waals surface area contributed by atoms with E-state index in [0.717, 1.165) is 10.1 Å². The van der Waals surface area contributed by atoms with Crippen molar-refractivity contribution in [3.05, 3.63) is 70.9 Å². The molecule has 3 heterocycles. The standard InChI is InChI=1S/C21H19FN4O5/c22-16-18(28)15(10-27)31-20(16)26-9-8-14(25-21(26)30)12-6-7-13(24-17(12)19(23)29)11-4-2-1-3-5-11/h1-9,15-16,18,20,27-28H,10H2,(H2,23,29)/t15-,16-,18-,20+/m1/s1. The van der Waals surface area contributed by atoms with Gasteiger partial charge in [-0.2, -0.15) is 4.98 Å². The molecule has 1 aromatic carbocycles. The number of nitrogens with zero attached hydrogens (tertiary/aromatic N) is 3. The van der Waals surface area contributed by atoms with Gasteiger partial charge in [-0.25, -0.2) is 14.2 Å². The average Bonchev–Trinajstić information content (AvgIpc) is 3.07. The van der Waals surface area contributed by atoms with Crippen LogP contribution in [-0.2, 0) is 4.74 Å². The Morgan fingerprint density at radius 2 is 1.87 bits per heavy atom. The molecule has 0 radical (unpaired) electrons. The van der Waals surface area contributed by atoms with Crippen molar-refractivity contribution in [1.82, 2.24) is 14.5 Å². The van der Waals surface area contributed by atoms with Gasteiger partial charge in [0, 0.05) is 17.3 Å². The van der Waals surface area contributed by atoms with Crippen LogP contribution in [0, 0.1) is 0 Å². The van der Waals surface area contributed by atoms with Crippen LogP contribution in [0.25, 0.3) is 22.5 Å². The maximum atomic E-state index is 14.3.